The van der Waals surface area contributed by atoms with E-state index in [0.29, 0.717) is 24.9 Å². The number of amides is 3. The van der Waals surface area contributed by atoms with Crippen molar-refractivity contribution in [1.82, 2.24) is 15.1 Å². The van der Waals surface area contributed by atoms with Crippen LogP contribution in [0.4, 0.5) is 4.79 Å². The fourth-order valence-corrected chi connectivity index (χ4v) is 2.72. The molecule has 122 valence electrons. The topological polar surface area (TPSA) is 52.7 Å². The van der Waals surface area contributed by atoms with Crippen LogP contribution in [0.5, 0.6) is 0 Å². The first-order chi connectivity index (χ1) is 9.81. The third-order valence-electron chi connectivity index (χ3n) is 3.73. The average molecular weight is 297 g/mol. The molecule has 0 aromatic heterocycles. The molecule has 5 nitrogen and oxygen atoms in total. The quantitative estimate of drug-likeness (QED) is 0.845. The molecule has 0 aliphatic carbocycles. The molecule has 21 heavy (non-hydrogen) atoms. The van der Waals surface area contributed by atoms with Gasteiger partial charge in [-0.3, -0.25) is 4.79 Å². The van der Waals surface area contributed by atoms with E-state index in [2.05, 4.69) is 33.0 Å². The van der Waals surface area contributed by atoms with Gasteiger partial charge in [0.2, 0.25) is 5.91 Å². The van der Waals surface area contributed by atoms with Crippen molar-refractivity contribution in [2.24, 2.45) is 17.8 Å². The first kappa shape index (κ1) is 17.8. The first-order valence-corrected chi connectivity index (χ1v) is 8.09. The Morgan fingerprint density at radius 2 is 1.90 bits per heavy atom. The standard InChI is InChI=1S/C16H31N3O2/c1-12(2)9-17-16(21)19-8-6-7-14(11-19)15(20)18(5)10-13(3)4/h12-14H,6-11H2,1-5H3,(H,17,21)/t14-/m0/s1. The van der Waals surface area contributed by atoms with E-state index in [9.17, 15) is 9.59 Å². The molecule has 3 amide bonds. The summed E-state index contributed by atoms with van der Waals surface area (Å²) < 4.78 is 0. The van der Waals surface area contributed by atoms with E-state index < -0.39 is 0 Å². The maximum absolute atomic E-state index is 12.4. The van der Waals surface area contributed by atoms with Crippen molar-refractivity contribution in [3.05, 3.63) is 0 Å². The summed E-state index contributed by atoms with van der Waals surface area (Å²) in [7, 11) is 1.86. The van der Waals surface area contributed by atoms with Crippen LogP contribution in [-0.4, -0.2) is 55.0 Å². The summed E-state index contributed by atoms with van der Waals surface area (Å²) in [4.78, 5) is 28.1. The summed E-state index contributed by atoms with van der Waals surface area (Å²) in [6.07, 6.45) is 1.79. The highest BCUT2D eigenvalue weighted by atomic mass is 16.2. The third kappa shape index (κ3) is 5.94. The van der Waals surface area contributed by atoms with Gasteiger partial charge in [-0.15, -0.1) is 0 Å². The number of carbonyl (C=O) groups excluding carboxylic acids is 2. The molecule has 1 rings (SSSR count). The molecule has 5 heteroatoms. The lowest BCUT2D eigenvalue weighted by Crippen LogP contribution is -2.49. The Labute approximate surface area is 129 Å². The SMILES string of the molecule is CC(C)CNC(=O)N1CCC[C@H](C(=O)N(C)CC(C)C)C1. The van der Waals surface area contributed by atoms with Gasteiger partial charge in [-0.05, 0) is 24.7 Å². The van der Waals surface area contributed by atoms with Gasteiger partial charge in [-0.1, -0.05) is 27.7 Å². The van der Waals surface area contributed by atoms with Gasteiger partial charge in [0.15, 0.2) is 0 Å². The van der Waals surface area contributed by atoms with Crippen molar-refractivity contribution in [3.63, 3.8) is 0 Å². The van der Waals surface area contributed by atoms with Crippen molar-refractivity contribution in [3.8, 4) is 0 Å². The molecule has 1 N–H and O–H groups in total. The van der Waals surface area contributed by atoms with Crippen LogP contribution in [-0.2, 0) is 4.79 Å². The molecule has 0 aromatic rings. The van der Waals surface area contributed by atoms with Gasteiger partial charge in [0.1, 0.15) is 0 Å². The summed E-state index contributed by atoms with van der Waals surface area (Å²) in [5.41, 5.74) is 0. The number of nitrogens with zero attached hydrogens (tertiary/aromatic N) is 2. The molecule has 0 spiro atoms. The Bertz CT molecular complexity index is 355. The van der Waals surface area contributed by atoms with E-state index in [4.69, 9.17) is 0 Å². The van der Waals surface area contributed by atoms with Crippen LogP contribution in [0.1, 0.15) is 40.5 Å². The summed E-state index contributed by atoms with van der Waals surface area (Å²) in [5.74, 6) is 1.03. The minimum atomic E-state index is -0.0488. The number of piperidine rings is 1. The molecular weight excluding hydrogens is 266 g/mol. The third-order valence-corrected chi connectivity index (χ3v) is 3.73. The minimum absolute atomic E-state index is 0.0345. The van der Waals surface area contributed by atoms with E-state index in [1.807, 2.05) is 11.9 Å². The zero-order chi connectivity index (χ0) is 16.0. The number of urea groups is 1. The van der Waals surface area contributed by atoms with E-state index in [0.717, 1.165) is 25.9 Å². The Kier molecular flexibility index (Phi) is 6.99. The minimum Gasteiger partial charge on any atom is -0.345 e. The Hall–Kier alpha value is -1.26. The summed E-state index contributed by atoms with van der Waals surface area (Å²) in [6, 6.07) is -0.0345. The maximum Gasteiger partial charge on any atom is 0.317 e. The normalized spacial score (nSPS) is 19.0. The zero-order valence-corrected chi connectivity index (χ0v) is 14.2. The van der Waals surface area contributed by atoms with E-state index >= 15 is 0 Å². The van der Waals surface area contributed by atoms with Crippen LogP contribution in [0, 0.1) is 17.8 Å². The van der Waals surface area contributed by atoms with Crippen molar-refractivity contribution < 1.29 is 9.59 Å². The molecular formula is C16H31N3O2. The lowest BCUT2D eigenvalue weighted by atomic mass is 9.96. The van der Waals surface area contributed by atoms with Crippen LogP contribution in [0.3, 0.4) is 0 Å². The van der Waals surface area contributed by atoms with Crippen LogP contribution in [0.15, 0.2) is 0 Å². The van der Waals surface area contributed by atoms with Crippen LogP contribution in [0.2, 0.25) is 0 Å². The predicted molar refractivity (Wildman–Crippen MR) is 85.0 cm³/mol. The van der Waals surface area contributed by atoms with E-state index in [1.54, 1.807) is 4.90 Å². The molecule has 0 bridgehead atoms. The number of hydrogen-bond donors (Lipinski definition) is 1. The second kappa shape index (κ2) is 8.25. The number of rotatable bonds is 5. The van der Waals surface area contributed by atoms with Crippen LogP contribution in [0.25, 0.3) is 0 Å². The Morgan fingerprint density at radius 3 is 2.48 bits per heavy atom. The van der Waals surface area contributed by atoms with Gasteiger partial charge in [0, 0.05) is 33.2 Å². The molecule has 1 aliphatic rings. The van der Waals surface area contributed by atoms with Gasteiger partial charge in [0.25, 0.3) is 0 Å². The molecule has 1 atom stereocenters. The van der Waals surface area contributed by atoms with Gasteiger partial charge in [0.05, 0.1) is 5.92 Å². The second-order valence-corrected chi connectivity index (χ2v) is 6.98. The average Bonchev–Trinajstić information content (AvgIpc) is 2.43. The number of hydrogen-bond acceptors (Lipinski definition) is 2. The highest BCUT2D eigenvalue weighted by molar-refractivity contribution is 5.80. The Balaban J connectivity index is 2.51. The molecule has 1 heterocycles. The van der Waals surface area contributed by atoms with Crippen molar-refractivity contribution in [2.45, 2.75) is 40.5 Å². The van der Waals surface area contributed by atoms with Crippen LogP contribution < -0.4 is 5.32 Å². The van der Waals surface area contributed by atoms with E-state index in [-0.39, 0.29) is 17.9 Å². The van der Waals surface area contributed by atoms with Crippen molar-refractivity contribution in [2.75, 3.05) is 33.2 Å². The molecule has 0 unspecified atom stereocenters. The molecule has 1 aliphatic heterocycles. The lowest BCUT2D eigenvalue weighted by Gasteiger charge is -2.34. The van der Waals surface area contributed by atoms with Crippen LogP contribution >= 0.6 is 0 Å². The molecule has 1 fully saturated rings. The second-order valence-electron chi connectivity index (χ2n) is 6.98. The molecule has 0 saturated carbocycles. The van der Waals surface area contributed by atoms with Crippen molar-refractivity contribution in [1.29, 1.82) is 0 Å². The number of carbonyl (C=O) groups is 2. The molecule has 0 radical (unpaired) electrons. The number of nitrogens with one attached hydrogen (secondary N) is 1. The smallest absolute Gasteiger partial charge is 0.317 e. The van der Waals surface area contributed by atoms with E-state index in [1.165, 1.54) is 0 Å². The first-order valence-electron chi connectivity index (χ1n) is 8.09. The molecule has 1 saturated heterocycles. The number of likely N-dealkylation sites (tertiary alicyclic amines) is 1. The fourth-order valence-electron chi connectivity index (χ4n) is 2.72. The summed E-state index contributed by atoms with van der Waals surface area (Å²) in [6.45, 7) is 11.1. The Morgan fingerprint density at radius 1 is 1.24 bits per heavy atom. The summed E-state index contributed by atoms with van der Waals surface area (Å²) in [5, 5.41) is 2.93. The maximum atomic E-state index is 12.4. The highest BCUT2D eigenvalue weighted by Crippen LogP contribution is 2.19. The fraction of sp³-hybridized carbons (Fsp3) is 0.875. The lowest BCUT2D eigenvalue weighted by molar-refractivity contribution is -0.136. The largest absolute Gasteiger partial charge is 0.345 e. The monoisotopic (exact) mass is 297 g/mol. The van der Waals surface area contributed by atoms with Gasteiger partial charge >= 0.3 is 6.03 Å². The highest BCUT2D eigenvalue weighted by Gasteiger charge is 2.30. The van der Waals surface area contributed by atoms with Gasteiger partial charge < -0.3 is 15.1 Å². The van der Waals surface area contributed by atoms with Gasteiger partial charge in [-0.2, -0.15) is 0 Å². The zero-order valence-electron chi connectivity index (χ0n) is 14.2. The predicted octanol–water partition coefficient (Wildman–Crippen LogP) is 2.18. The molecule has 0 aromatic carbocycles. The van der Waals surface area contributed by atoms with Crippen molar-refractivity contribution >= 4 is 11.9 Å². The summed E-state index contributed by atoms with van der Waals surface area (Å²) >= 11 is 0. The van der Waals surface area contributed by atoms with Gasteiger partial charge in [-0.25, -0.2) is 4.79 Å².